The lowest BCUT2D eigenvalue weighted by atomic mass is 10.3. The van der Waals surface area contributed by atoms with Crippen LogP contribution >= 0.6 is 34.8 Å². The van der Waals surface area contributed by atoms with Crippen LogP contribution < -0.4 is 11.3 Å². The highest BCUT2D eigenvalue weighted by molar-refractivity contribution is 6.42. The SMILES string of the molecule is NNc1c(Cl)c(F)c(Cl)c(F)c1Cl. The molecule has 7 heteroatoms. The summed E-state index contributed by atoms with van der Waals surface area (Å²) >= 11 is 16.1. The molecule has 0 aromatic heterocycles. The molecule has 0 amide bonds. The van der Waals surface area contributed by atoms with E-state index in [1.54, 1.807) is 0 Å². The van der Waals surface area contributed by atoms with Crippen molar-refractivity contribution in [3.63, 3.8) is 0 Å². The van der Waals surface area contributed by atoms with Gasteiger partial charge in [-0.1, -0.05) is 34.8 Å². The molecule has 72 valence electrons. The molecule has 2 nitrogen and oxygen atoms in total. The van der Waals surface area contributed by atoms with E-state index < -0.39 is 26.7 Å². The summed E-state index contributed by atoms with van der Waals surface area (Å²) in [5, 5.41) is -1.65. The first-order chi connectivity index (χ1) is 6.00. The minimum absolute atomic E-state index is 0.234. The van der Waals surface area contributed by atoms with Gasteiger partial charge in [0.05, 0.1) is 5.69 Å². The number of benzene rings is 1. The van der Waals surface area contributed by atoms with Crippen LogP contribution in [0.2, 0.25) is 15.1 Å². The van der Waals surface area contributed by atoms with Crippen LogP contribution in [0.4, 0.5) is 14.5 Å². The summed E-state index contributed by atoms with van der Waals surface area (Å²) in [6.45, 7) is 0. The molecule has 0 heterocycles. The molecule has 0 bridgehead atoms. The number of nitrogen functional groups attached to an aromatic ring is 1. The Kier molecular flexibility index (Phi) is 3.18. The van der Waals surface area contributed by atoms with E-state index in [-0.39, 0.29) is 5.69 Å². The fourth-order valence-electron chi connectivity index (χ4n) is 0.732. The Morgan fingerprint density at radius 1 is 0.923 bits per heavy atom. The quantitative estimate of drug-likeness (QED) is 0.346. The number of rotatable bonds is 1. The van der Waals surface area contributed by atoms with Gasteiger partial charge in [-0.15, -0.1) is 0 Å². The van der Waals surface area contributed by atoms with E-state index in [1.165, 1.54) is 0 Å². The van der Waals surface area contributed by atoms with Gasteiger partial charge in [0, 0.05) is 0 Å². The summed E-state index contributed by atoms with van der Waals surface area (Å²) < 4.78 is 25.9. The first kappa shape index (κ1) is 10.8. The van der Waals surface area contributed by atoms with Crippen LogP contribution in [0.5, 0.6) is 0 Å². The molecular formula is C6H3Cl3F2N2. The zero-order valence-corrected chi connectivity index (χ0v) is 8.23. The molecule has 0 fully saturated rings. The van der Waals surface area contributed by atoms with Crippen molar-refractivity contribution in [2.45, 2.75) is 0 Å². The van der Waals surface area contributed by atoms with Crippen molar-refractivity contribution in [1.82, 2.24) is 0 Å². The van der Waals surface area contributed by atoms with Gasteiger partial charge >= 0.3 is 0 Å². The molecule has 0 spiro atoms. The van der Waals surface area contributed by atoms with Crippen molar-refractivity contribution in [2.75, 3.05) is 5.43 Å². The Balaban J connectivity index is 3.56. The topological polar surface area (TPSA) is 38.0 Å². The van der Waals surface area contributed by atoms with Gasteiger partial charge in [0.15, 0.2) is 11.6 Å². The number of halogens is 5. The van der Waals surface area contributed by atoms with Crippen molar-refractivity contribution in [3.05, 3.63) is 26.7 Å². The summed E-state index contributed by atoms with van der Waals surface area (Å²) in [5.41, 5.74) is 1.74. The summed E-state index contributed by atoms with van der Waals surface area (Å²) in [7, 11) is 0. The van der Waals surface area contributed by atoms with Crippen LogP contribution in [0.1, 0.15) is 0 Å². The Labute approximate surface area is 87.5 Å². The zero-order chi connectivity index (χ0) is 10.2. The van der Waals surface area contributed by atoms with Crippen LogP contribution in [0.15, 0.2) is 0 Å². The second kappa shape index (κ2) is 3.84. The van der Waals surface area contributed by atoms with E-state index in [1.807, 2.05) is 5.43 Å². The summed E-state index contributed by atoms with van der Waals surface area (Å²) in [5.74, 6) is 2.75. The van der Waals surface area contributed by atoms with Crippen molar-refractivity contribution >= 4 is 40.5 Å². The average Bonchev–Trinajstić information content (AvgIpc) is 2.13. The van der Waals surface area contributed by atoms with Gasteiger partial charge in [-0.2, -0.15) is 0 Å². The van der Waals surface area contributed by atoms with Crippen LogP contribution in [0, 0.1) is 11.6 Å². The fourth-order valence-corrected chi connectivity index (χ4v) is 1.55. The van der Waals surface area contributed by atoms with Gasteiger partial charge in [-0.25, -0.2) is 8.78 Å². The van der Waals surface area contributed by atoms with Crippen LogP contribution in [-0.4, -0.2) is 0 Å². The maximum absolute atomic E-state index is 13.0. The van der Waals surface area contributed by atoms with E-state index in [2.05, 4.69) is 0 Å². The molecule has 0 saturated carbocycles. The molecule has 0 saturated heterocycles. The maximum Gasteiger partial charge on any atom is 0.165 e. The Morgan fingerprint density at radius 3 is 1.62 bits per heavy atom. The lowest BCUT2D eigenvalue weighted by Crippen LogP contribution is -2.09. The maximum atomic E-state index is 13.0. The molecule has 0 radical (unpaired) electrons. The van der Waals surface area contributed by atoms with Gasteiger partial charge in [0.2, 0.25) is 0 Å². The van der Waals surface area contributed by atoms with Gasteiger partial charge in [0.25, 0.3) is 0 Å². The Hall–Kier alpha value is -0.290. The molecule has 0 atom stereocenters. The highest BCUT2D eigenvalue weighted by atomic mass is 35.5. The standard InChI is InChI=1S/C6H3Cl3F2N2/c7-1-4(10)2(8)6(13-12)3(9)5(1)11/h13H,12H2. The highest BCUT2D eigenvalue weighted by Gasteiger charge is 2.20. The lowest BCUT2D eigenvalue weighted by Gasteiger charge is -2.08. The van der Waals surface area contributed by atoms with Gasteiger partial charge < -0.3 is 5.43 Å². The monoisotopic (exact) mass is 246 g/mol. The molecule has 0 aliphatic rings. The highest BCUT2D eigenvalue weighted by Crippen LogP contribution is 2.38. The van der Waals surface area contributed by atoms with Crippen molar-refractivity contribution < 1.29 is 8.78 Å². The summed E-state index contributed by atoms with van der Waals surface area (Å²) in [6.07, 6.45) is 0. The Bertz CT molecular complexity index is 327. The Morgan fingerprint density at radius 2 is 1.31 bits per heavy atom. The molecule has 1 aromatic rings. The number of anilines is 1. The number of nitrogens with two attached hydrogens (primary N) is 1. The minimum Gasteiger partial charge on any atom is -0.321 e. The molecule has 1 aromatic carbocycles. The second-order valence-electron chi connectivity index (χ2n) is 2.09. The van der Waals surface area contributed by atoms with Crippen LogP contribution in [0.3, 0.4) is 0 Å². The summed E-state index contributed by atoms with van der Waals surface area (Å²) in [6, 6.07) is 0. The number of nitrogens with one attached hydrogen (secondary N) is 1. The van der Waals surface area contributed by atoms with E-state index in [4.69, 9.17) is 40.6 Å². The van der Waals surface area contributed by atoms with Gasteiger partial charge in [0.1, 0.15) is 15.1 Å². The second-order valence-corrected chi connectivity index (χ2v) is 3.22. The van der Waals surface area contributed by atoms with Crippen LogP contribution in [0.25, 0.3) is 0 Å². The normalized spacial score (nSPS) is 10.3. The third-order valence-corrected chi connectivity index (χ3v) is 2.40. The zero-order valence-electron chi connectivity index (χ0n) is 5.97. The fraction of sp³-hybridized carbons (Fsp3) is 0. The summed E-state index contributed by atoms with van der Waals surface area (Å²) in [4.78, 5) is 0. The molecule has 0 aliphatic heterocycles. The average molecular weight is 247 g/mol. The van der Waals surface area contributed by atoms with Gasteiger partial charge in [-0.3, -0.25) is 5.84 Å². The third-order valence-electron chi connectivity index (χ3n) is 1.35. The minimum atomic E-state index is -1.10. The first-order valence-electron chi connectivity index (χ1n) is 2.98. The van der Waals surface area contributed by atoms with Crippen molar-refractivity contribution in [3.8, 4) is 0 Å². The third kappa shape index (κ3) is 1.67. The predicted octanol–water partition coefficient (Wildman–Crippen LogP) is 3.21. The predicted molar refractivity (Wildman–Crippen MR) is 49.2 cm³/mol. The number of hydrogen-bond donors (Lipinski definition) is 2. The van der Waals surface area contributed by atoms with E-state index in [9.17, 15) is 8.78 Å². The lowest BCUT2D eigenvalue weighted by molar-refractivity contribution is 0.585. The van der Waals surface area contributed by atoms with Gasteiger partial charge in [-0.05, 0) is 0 Å². The largest absolute Gasteiger partial charge is 0.321 e. The van der Waals surface area contributed by atoms with E-state index >= 15 is 0 Å². The molecule has 3 N–H and O–H groups in total. The molecular weight excluding hydrogens is 244 g/mol. The number of hydrogen-bond acceptors (Lipinski definition) is 2. The smallest absolute Gasteiger partial charge is 0.165 e. The van der Waals surface area contributed by atoms with E-state index in [0.29, 0.717) is 0 Å². The van der Waals surface area contributed by atoms with Crippen molar-refractivity contribution in [1.29, 1.82) is 0 Å². The number of hydrazine groups is 1. The van der Waals surface area contributed by atoms with E-state index in [0.717, 1.165) is 0 Å². The molecule has 0 aliphatic carbocycles. The molecule has 0 unspecified atom stereocenters. The van der Waals surface area contributed by atoms with Crippen molar-refractivity contribution in [2.24, 2.45) is 5.84 Å². The van der Waals surface area contributed by atoms with Crippen LogP contribution in [-0.2, 0) is 0 Å². The first-order valence-corrected chi connectivity index (χ1v) is 4.12. The molecule has 13 heavy (non-hydrogen) atoms. The molecule has 1 rings (SSSR count).